The predicted octanol–water partition coefficient (Wildman–Crippen LogP) is 2.84. The van der Waals surface area contributed by atoms with Crippen molar-refractivity contribution in [1.29, 1.82) is 0 Å². The van der Waals surface area contributed by atoms with Crippen LogP contribution in [0.2, 0.25) is 0 Å². The molecule has 2 heterocycles. The number of likely N-dealkylation sites (N-methyl/N-ethyl adjacent to an activating group) is 1. The standard InChI is InChI=1S/C29H37N5O5S/c1-4-39-28(37)21-6-10-23(11-7-21)34-27(36)25(20-26(35)30-22-8-12-24(38-3)13-9-22)33(29(34)40)15-5-14-32-18-16-31(2)17-19-32/h6-13,25H,4-5,14-20H2,1-3H3,(H,30,35)/t25-/m1/s1. The van der Waals surface area contributed by atoms with Crippen LogP contribution in [0.3, 0.4) is 0 Å². The molecule has 2 aliphatic rings. The molecule has 2 aromatic rings. The molecule has 40 heavy (non-hydrogen) atoms. The van der Waals surface area contributed by atoms with Gasteiger partial charge >= 0.3 is 5.97 Å². The van der Waals surface area contributed by atoms with Crippen molar-refractivity contribution in [2.24, 2.45) is 0 Å². The zero-order valence-corrected chi connectivity index (χ0v) is 24.1. The van der Waals surface area contributed by atoms with Crippen LogP contribution in [-0.2, 0) is 14.3 Å². The van der Waals surface area contributed by atoms with Crippen molar-refractivity contribution in [2.45, 2.75) is 25.8 Å². The number of benzene rings is 2. The number of nitrogens with one attached hydrogen (secondary N) is 1. The number of anilines is 2. The van der Waals surface area contributed by atoms with E-state index in [9.17, 15) is 14.4 Å². The number of nitrogens with zero attached hydrogens (tertiary/aromatic N) is 4. The van der Waals surface area contributed by atoms with Crippen molar-refractivity contribution in [2.75, 3.05) is 70.2 Å². The number of hydrogen-bond donors (Lipinski definition) is 1. The third-order valence-corrected chi connectivity index (χ3v) is 7.59. The molecule has 0 unspecified atom stereocenters. The Kier molecular flexibility index (Phi) is 10.1. The van der Waals surface area contributed by atoms with E-state index in [0.29, 0.717) is 34.3 Å². The number of hydrogen-bond acceptors (Lipinski definition) is 8. The number of esters is 1. The van der Waals surface area contributed by atoms with Gasteiger partial charge in [-0.15, -0.1) is 0 Å². The zero-order valence-electron chi connectivity index (χ0n) is 23.3. The van der Waals surface area contributed by atoms with Gasteiger partial charge in [0.1, 0.15) is 11.8 Å². The Bertz CT molecular complexity index is 1200. The highest BCUT2D eigenvalue weighted by molar-refractivity contribution is 7.80. The van der Waals surface area contributed by atoms with Gasteiger partial charge in [0.05, 0.1) is 31.4 Å². The Morgan fingerprint density at radius 2 is 1.68 bits per heavy atom. The molecule has 2 aliphatic heterocycles. The quantitative estimate of drug-likeness (QED) is 0.325. The summed E-state index contributed by atoms with van der Waals surface area (Å²) >= 11 is 5.79. The van der Waals surface area contributed by atoms with Gasteiger partial charge in [-0.25, -0.2) is 4.79 Å². The van der Waals surface area contributed by atoms with Crippen LogP contribution in [0.15, 0.2) is 48.5 Å². The van der Waals surface area contributed by atoms with Crippen LogP contribution in [0.5, 0.6) is 5.75 Å². The van der Waals surface area contributed by atoms with Crippen LogP contribution < -0.4 is 15.0 Å². The molecular weight excluding hydrogens is 530 g/mol. The number of carbonyl (C=O) groups excluding carboxylic acids is 3. The van der Waals surface area contributed by atoms with Gasteiger partial charge in [0.25, 0.3) is 5.91 Å². The van der Waals surface area contributed by atoms with E-state index in [1.54, 1.807) is 62.6 Å². The molecule has 214 valence electrons. The lowest BCUT2D eigenvalue weighted by Crippen LogP contribution is -2.45. The van der Waals surface area contributed by atoms with Crippen LogP contribution in [0.1, 0.15) is 30.1 Å². The normalized spacial score (nSPS) is 18.2. The molecular formula is C29H37N5O5S. The number of ether oxygens (including phenoxy) is 2. The molecule has 11 heteroatoms. The van der Waals surface area contributed by atoms with Gasteiger partial charge in [0.15, 0.2) is 5.11 Å². The first kappa shape index (κ1) is 29.4. The van der Waals surface area contributed by atoms with E-state index in [1.807, 2.05) is 4.90 Å². The fourth-order valence-electron chi connectivity index (χ4n) is 4.88. The molecule has 0 spiro atoms. The first-order valence-corrected chi connectivity index (χ1v) is 14.0. The predicted molar refractivity (Wildman–Crippen MR) is 158 cm³/mol. The fraction of sp³-hybridized carbons (Fsp3) is 0.448. The van der Waals surface area contributed by atoms with Crippen LogP contribution in [0, 0.1) is 0 Å². The number of amides is 2. The lowest BCUT2D eigenvalue weighted by Gasteiger charge is -2.33. The molecule has 10 nitrogen and oxygen atoms in total. The summed E-state index contributed by atoms with van der Waals surface area (Å²) in [6.07, 6.45) is 0.764. The van der Waals surface area contributed by atoms with Crippen LogP contribution >= 0.6 is 12.2 Å². The third-order valence-electron chi connectivity index (χ3n) is 7.18. The Morgan fingerprint density at radius 1 is 1.00 bits per heavy atom. The van der Waals surface area contributed by atoms with Crippen LogP contribution in [0.25, 0.3) is 0 Å². The van der Waals surface area contributed by atoms with Gasteiger partial charge in [-0.3, -0.25) is 14.5 Å². The van der Waals surface area contributed by atoms with Crippen molar-refractivity contribution in [3.8, 4) is 5.75 Å². The Balaban J connectivity index is 1.48. The highest BCUT2D eigenvalue weighted by atomic mass is 32.1. The first-order valence-electron chi connectivity index (χ1n) is 13.6. The maximum atomic E-state index is 13.7. The number of piperazine rings is 1. The molecule has 0 aliphatic carbocycles. The third kappa shape index (κ3) is 7.15. The van der Waals surface area contributed by atoms with Gasteiger partial charge in [-0.05, 0) is 87.7 Å². The van der Waals surface area contributed by atoms with Crippen molar-refractivity contribution < 1.29 is 23.9 Å². The average molecular weight is 568 g/mol. The summed E-state index contributed by atoms with van der Waals surface area (Å²) in [5.74, 6) is -0.290. The monoisotopic (exact) mass is 567 g/mol. The largest absolute Gasteiger partial charge is 0.497 e. The molecule has 2 amide bonds. The number of methoxy groups -OCH3 is 1. The molecule has 2 saturated heterocycles. The molecule has 0 radical (unpaired) electrons. The van der Waals surface area contributed by atoms with Gasteiger partial charge in [-0.2, -0.15) is 0 Å². The van der Waals surface area contributed by atoms with Crippen molar-refractivity contribution >= 4 is 46.5 Å². The Hall–Kier alpha value is -3.54. The summed E-state index contributed by atoms with van der Waals surface area (Å²) in [6.45, 7) is 7.54. The first-order chi connectivity index (χ1) is 19.3. The lowest BCUT2D eigenvalue weighted by atomic mass is 10.1. The maximum Gasteiger partial charge on any atom is 0.338 e. The summed E-state index contributed by atoms with van der Waals surface area (Å²) in [7, 11) is 3.71. The second-order valence-corrected chi connectivity index (χ2v) is 10.3. The molecule has 1 N–H and O–H groups in total. The minimum absolute atomic E-state index is 0.0447. The number of rotatable bonds is 11. The number of carbonyl (C=O) groups is 3. The average Bonchev–Trinajstić information content (AvgIpc) is 3.18. The van der Waals surface area contributed by atoms with Crippen molar-refractivity contribution in [3.63, 3.8) is 0 Å². The van der Waals surface area contributed by atoms with E-state index in [0.717, 1.165) is 39.1 Å². The Labute approximate surface area is 240 Å². The van der Waals surface area contributed by atoms with Crippen LogP contribution in [0.4, 0.5) is 11.4 Å². The van der Waals surface area contributed by atoms with Gasteiger partial charge in [0.2, 0.25) is 5.91 Å². The Morgan fingerprint density at radius 3 is 2.30 bits per heavy atom. The SMILES string of the molecule is CCOC(=O)c1ccc(N2C(=O)[C@@H](CC(=O)Nc3ccc(OC)cc3)N(CCCN3CCN(C)CC3)C2=S)cc1. The fourth-order valence-corrected chi connectivity index (χ4v) is 5.30. The van der Waals surface area contributed by atoms with E-state index in [1.165, 1.54) is 4.90 Å². The molecule has 0 aromatic heterocycles. The summed E-state index contributed by atoms with van der Waals surface area (Å²) in [5, 5.41) is 3.23. The highest BCUT2D eigenvalue weighted by Crippen LogP contribution is 2.28. The topological polar surface area (TPSA) is 94.7 Å². The van der Waals surface area contributed by atoms with Crippen molar-refractivity contribution in [1.82, 2.24) is 14.7 Å². The summed E-state index contributed by atoms with van der Waals surface area (Å²) in [4.78, 5) is 46.9. The molecule has 4 rings (SSSR count). The summed E-state index contributed by atoms with van der Waals surface area (Å²) in [6, 6.07) is 12.9. The minimum atomic E-state index is -0.733. The second kappa shape index (κ2) is 13.7. The molecule has 0 saturated carbocycles. The zero-order chi connectivity index (χ0) is 28.6. The molecule has 0 bridgehead atoms. The van der Waals surface area contributed by atoms with E-state index in [-0.39, 0.29) is 24.8 Å². The summed E-state index contributed by atoms with van der Waals surface area (Å²) < 4.78 is 10.2. The van der Waals surface area contributed by atoms with Crippen molar-refractivity contribution in [3.05, 3.63) is 54.1 Å². The van der Waals surface area contributed by atoms with Gasteiger partial charge in [0, 0.05) is 38.4 Å². The maximum absolute atomic E-state index is 13.7. The lowest BCUT2D eigenvalue weighted by molar-refractivity contribution is -0.124. The smallest absolute Gasteiger partial charge is 0.338 e. The van der Waals surface area contributed by atoms with E-state index in [4.69, 9.17) is 21.7 Å². The van der Waals surface area contributed by atoms with Crippen LogP contribution in [-0.4, -0.2) is 104 Å². The van der Waals surface area contributed by atoms with E-state index >= 15 is 0 Å². The van der Waals surface area contributed by atoms with E-state index < -0.39 is 12.0 Å². The molecule has 2 fully saturated rings. The number of thiocarbonyl (C=S) groups is 1. The molecule has 2 aromatic carbocycles. The molecule has 1 atom stereocenters. The summed E-state index contributed by atoms with van der Waals surface area (Å²) in [5.41, 5.74) is 1.56. The second-order valence-electron chi connectivity index (χ2n) is 9.91. The minimum Gasteiger partial charge on any atom is -0.497 e. The van der Waals surface area contributed by atoms with E-state index in [2.05, 4.69) is 22.2 Å². The van der Waals surface area contributed by atoms with Gasteiger partial charge in [-0.1, -0.05) is 0 Å². The van der Waals surface area contributed by atoms with Gasteiger partial charge < -0.3 is 29.5 Å². The highest BCUT2D eigenvalue weighted by Gasteiger charge is 2.44.